The van der Waals surface area contributed by atoms with Crippen molar-refractivity contribution in [1.82, 2.24) is 19.5 Å². The highest BCUT2D eigenvalue weighted by Crippen LogP contribution is 2.64. The Morgan fingerprint density at radius 3 is 1.54 bits per heavy atom. The number of anilines is 3. The topological polar surface area (TPSA) is 46.8 Å². The van der Waals surface area contributed by atoms with Gasteiger partial charge in [-0.2, -0.15) is 9.97 Å². The Bertz CT molecular complexity index is 3090. The van der Waals surface area contributed by atoms with Crippen LogP contribution in [0.3, 0.4) is 0 Å². The zero-order valence-corrected chi connectivity index (χ0v) is 30.8. The lowest BCUT2D eigenvalue weighted by Crippen LogP contribution is -2.36. The van der Waals surface area contributed by atoms with E-state index in [1.807, 2.05) is 36.4 Å². The second-order valence-corrected chi connectivity index (χ2v) is 14.8. The van der Waals surface area contributed by atoms with E-state index in [0.29, 0.717) is 17.6 Å². The van der Waals surface area contributed by atoms with Crippen LogP contribution >= 0.6 is 0 Å². The Balaban J connectivity index is 1.24. The van der Waals surface area contributed by atoms with Crippen molar-refractivity contribution in [3.05, 3.63) is 222 Å². The van der Waals surface area contributed by atoms with E-state index in [-0.39, 0.29) is 0 Å². The number of fused-ring (bicyclic) bond motifs is 12. The van der Waals surface area contributed by atoms with Gasteiger partial charge in [-0.25, -0.2) is 4.98 Å². The molecule has 0 fully saturated rings. The summed E-state index contributed by atoms with van der Waals surface area (Å²) in [5.74, 6) is 1.83. The minimum Gasteiger partial charge on any atom is -0.310 e. The van der Waals surface area contributed by atoms with Crippen molar-refractivity contribution in [2.75, 3.05) is 4.90 Å². The second-order valence-electron chi connectivity index (χ2n) is 14.8. The number of aromatic nitrogens is 4. The van der Waals surface area contributed by atoms with Gasteiger partial charge in [0.1, 0.15) is 0 Å². The standard InChI is InChI=1S/C52H33N5/c1-4-18-34(19-5-1)49-53-50(35-20-6-2-7-21-35)55-51(54-49)57-45-30-16-12-26-39(45)40-32-48-44(33-47(40)57)52(41-27-13-10-24-37(41)38-25-11-14-28-42(38)52)43-29-15-17-31-46(43)56(48)36-22-8-3-9-23-36/h1-33H. The minimum atomic E-state index is -0.594. The molecule has 2 aromatic heterocycles. The van der Waals surface area contributed by atoms with Gasteiger partial charge in [0.2, 0.25) is 5.95 Å². The Morgan fingerprint density at radius 2 is 0.895 bits per heavy atom. The van der Waals surface area contributed by atoms with Crippen molar-refractivity contribution in [2.24, 2.45) is 0 Å². The normalized spacial score (nSPS) is 13.4. The molecule has 5 nitrogen and oxygen atoms in total. The van der Waals surface area contributed by atoms with E-state index >= 15 is 0 Å². The van der Waals surface area contributed by atoms with Gasteiger partial charge < -0.3 is 4.90 Å². The van der Waals surface area contributed by atoms with Crippen LogP contribution in [0, 0.1) is 0 Å². The molecule has 0 saturated carbocycles. The van der Waals surface area contributed by atoms with Crippen molar-refractivity contribution in [3.63, 3.8) is 0 Å². The second kappa shape index (κ2) is 12.2. The summed E-state index contributed by atoms with van der Waals surface area (Å²) in [7, 11) is 0. The van der Waals surface area contributed by atoms with Crippen LogP contribution in [0.4, 0.5) is 17.1 Å². The third-order valence-electron chi connectivity index (χ3n) is 11.8. The largest absolute Gasteiger partial charge is 0.310 e. The molecule has 57 heavy (non-hydrogen) atoms. The zero-order valence-electron chi connectivity index (χ0n) is 30.8. The van der Waals surface area contributed by atoms with Crippen LogP contribution in [0.25, 0.3) is 61.7 Å². The molecule has 2 aliphatic rings. The molecular formula is C52H33N5. The van der Waals surface area contributed by atoms with Gasteiger partial charge in [-0.3, -0.25) is 4.57 Å². The van der Waals surface area contributed by atoms with Gasteiger partial charge >= 0.3 is 0 Å². The number of para-hydroxylation sites is 3. The number of benzene rings is 8. The van der Waals surface area contributed by atoms with Gasteiger partial charge in [0.05, 0.1) is 27.8 Å². The monoisotopic (exact) mass is 727 g/mol. The number of hydrogen-bond acceptors (Lipinski definition) is 4. The number of nitrogens with zero attached hydrogens (tertiary/aromatic N) is 5. The predicted molar refractivity (Wildman–Crippen MR) is 231 cm³/mol. The molecule has 0 amide bonds. The van der Waals surface area contributed by atoms with Crippen LogP contribution in [0.5, 0.6) is 0 Å². The molecule has 1 aliphatic carbocycles. The summed E-state index contributed by atoms with van der Waals surface area (Å²) >= 11 is 0. The van der Waals surface area contributed by atoms with E-state index in [0.717, 1.165) is 44.3 Å². The average Bonchev–Trinajstić information content (AvgIpc) is 3.77. The third kappa shape index (κ3) is 4.48. The van der Waals surface area contributed by atoms with Crippen LogP contribution in [0.2, 0.25) is 0 Å². The highest BCUT2D eigenvalue weighted by Gasteiger charge is 2.52. The van der Waals surface area contributed by atoms with Gasteiger partial charge in [0.15, 0.2) is 11.6 Å². The SMILES string of the molecule is c1ccc(-c2nc(-c3ccccc3)nc(-n3c4ccccc4c4cc5c(cc43)C3(c4ccccc4-c4ccccc43)c3ccccc3N5c3ccccc3)n2)cc1. The van der Waals surface area contributed by atoms with Crippen LogP contribution < -0.4 is 4.90 Å². The van der Waals surface area contributed by atoms with E-state index in [1.165, 1.54) is 39.1 Å². The lowest BCUT2D eigenvalue weighted by atomic mass is 9.64. The maximum atomic E-state index is 5.27. The van der Waals surface area contributed by atoms with E-state index in [9.17, 15) is 0 Å². The molecule has 266 valence electrons. The Morgan fingerprint density at radius 1 is 0.368 bits per heavy atom. The van der Waals surface area contributed by atoms with Crippen molar-refractivity contribution in [2.45, 2.75) is 5.41 Å². The Labute approximate surface area is 329 Å². The van der Waals surface area contributed by atoms with E-state index in [4.69, 9.17) is 15.0 Å². The lowest BCUT2D eigenvalue weighted by Gasteiger charge is -2.45. The first-order valence-electron chi connectivity index (χ1n) is 19.4. The molecule has 0 radical (unpaired) electrons. The van der Waals surface area contributed by atoms with E-state index in [2.05, 4.69) is 173 Å². The summed E-state index contributed by atoms with van der Waals surface area (Å²) in [6.45, 7) is 0. The molecule has 1 spiro atoms. The molecule has 10 aromatic rings. The maximum Gasteiger partial charge on any atom is 0.238 e. The summed E-state index contributed by atoms with van der Waals surface area (Å²) in [5, 5.41) is 2.26. The van der Waals surface area contributed by atoms with Crippen molar-refractivity contribution < 1.29 is 0 Å². The molecule has 0 saturated heterocycles. The third-order valence-corrected chi connectivity index (χ3v) is 11.8. The fourth-order valence-electron chi connectivity index (χ4n) is 9.53. The fourth-order valence-corrected chi connectivity index (χ4v) is 9.53. The smallest absolute Gasteiger partial charge is 0.238 e. The van der Waals surface area contributed by atoms with Gasteiger partial charge in [-0.15, -0.1) is 0 Å². The van der Waals surface area contributed by atoms with Crippen LogP contribution in [0.15, 0.2) is 200 Å². The average molecular weight is 728 g/mol. The summed E-state index contributed by atoms with van der Waals surface area (Å²) < 4.78 is 2.25. The Hall–Kier alpha value is -7.63. The molecule has 1 aliphatic heterocycles. The summed E-state index contributed by atoms with van der Waals surface area (Å²) in [5.41, 5.74) is 14.3. The van der Waals surface area contributed by atoms with Crippen LogP contribution in [-0.2, 0) is 5.41 Å². The van der Waals surface area contributed by atoms with Gasteiger partial charge in [0.25, 0.3) is 0 Å². The fraction of sp³-hybridized carbons (Fsp3) is 0.0192. The summed E-state index contributed by atoms with van der Waals surface area (Å²) in [6, 6.07) is 71.5. The first-order valence-corrected chi connectivity index (χ1v) is 19.4. The van der Waals surface area contributed by atoms with Crippen LogP contribution in [-0.4, -0.2) is 19.5 Å². The maximum absolute atomic E-state index is 5.27. The van der Waals surface area contributed by atoms with Crippen LogP contribution in [0.1, 0.15) is 22.3 Å². The molecule has 5 heteroatoms. The predicted octanol–water partition coefficient (Wildman–Crippen LogP) is 12.4. The highest BCUT2D eigenvalue weighted by atomic mass is 15.2. The summed E-state index contributed by atoms with van der Waals surface area (Å²) in [6.07, 6.45) is 0. The number of hydrogen-bond donors (Lipinski definition) is 0. The molecule has 12 rings (SSSR count). The first-order chi connectivity index (χ1) is 28.3. The zero-order chi connectivity index (χ0) is 37.5. The summed E-state index contributed by atoms with van der Waals surface area (Å²) in [4.78, 5) is 18.0. The molecule has 3 heterocycles. The minimum absolute atomic E-state index is 0.575. The molecule has 0 N–H and O–H groups in total. The molecule has 0 unspecified atom stereocenters. The van der Waals surface area contributed by atoms with Gasteiger partial charge in [-0.1, -0.05) is 164 Å². The molecule has 0 atom stereocenters. The van der Waals surface area contributed by atoms with Gasteiger partial charge in [-0.05, 0) is 69.8 Å². The van der Waals surface area contributed by atoms with Crippen molar-refractivity contribution in [3.8, 4) is 39.9 Å². The lowest BCUT2D eigenvalue weighted by molar-refractivity contribution is 0.753. The van der Waals surface area contributed by atoms with Crippen molar-refractivity contribution in [1.29, 1.82) is 0 Å². The quantitative estimate of drug-likeness (QED) is 0.181. The highest BCUT2D eigenvalue weighted by molar-refractivity contribution is 6.12. The first kappa shape index (κ1) is 31.7. The molecular weight excluding hydrogens is 695 g/mol. The van der Waals surface area contributed by atoms with Crippen molar-refractivity contribution >= 4 is 38.9 Å². The van der Waals surface area contributed by atoms with E-state index < -0.39 is 5.41 Å². The van der Waals surface area contributed by atoms with Gasteiger partial charge in [0, 0.05) is 27.6 Å². The van der Waals surface area contributed by atoms with E-state index in [1.54, 1.807) is 0 Å². The Kier molecular flexibility index (Phi) is 6.78. The molecule has 8 aromatic carbocycles. The molecule has 0 bridgehead atoms. The number of rotatable bonds is 4.